The van der Waals surface area contributed by atoms with Crippen molar-refractivity contribution in [1.82, 2.24) is 4.90 Å². The highest BCUT2D eigenvalue weighted by molar-refractivity contribution is 6.39. The number of hydrogen-bond donors (Lipinski definition) is 3. The summed E-state index contributed by atoms with van der Waals surface area (Å²) in [6.07, 6.45) is 10.8. The van der Waals surface area contributed by atoms with Crippen LogP contribution in [0.3, 0.4) is 0 Å². The Hall–Kier alpha value is -2.44. The smallest absolute Gasteiger partial charge is 0.329 e. The van der Waals surface area contributed by atoms with Crippen molar-refractivity contribution in [3.8, 4) is 0 Å². The van der Waals surface area contributed by atoms with Crippen molar-refractivity contribution in [3.63, 3.8) is 0 Å². The van der Waals surface area contributed by atoms with Crippen LogP contribution in [0, 0.1) is 29.6 Å². The van der Waals surface area contributed by atoms with Crippen LogP contribution in [0.4, 0.5) is 0 Å². The minimum atomic E-state index is -2.42. The van der Waals surface area contributed by atoms with Gasteiger partial charge in [0.25, 0.3) is 11.7 Å². The summed E-state index contributed by atoms with van der Waals surface area (Å²) in [5.74, 6) is -6.73. The van der Waals surface area contributed by atoms with Crippen molar-refractivity contribution in [2.75, 3.05) is 13.7 Å². The summed E-state index contributed by atoms with van der Waals surface area (Å²) in [5.41, 5.74) is 0. The van der Waals surface area contributed by atoms with Crippen LogP contribution in [0.5, 0.6) is 0 Å². The van der Waals surface area contributed by atoms with Gasteiger partial charge < -0.3 is 34.4 Å². The highest BCUT2D eigenvalue weighted by atomic mass is 16.6. The molecule has 3 N–H and O–H groups in total. The highest BCUT2D eigenvalue weighted by Gasteiger charge is 2.53. The molecule has 12 atom stereocenters. The molecule has 0 unspecified atom stereocenters. The van der Waals surface area contributed by atoms with E-state index in [2.05, 4.69) is 19.1 Å². The Kier molecular flexibility index (Phi) is 14.2. The number of hydrogen-bond acceptors (Lipinski definition) is 10. The largest absolute Gasteiger partial charge is 0.461 e. The Morgan fingerprint density at radius 2 is 1.69 bits per heavy atom. The molecule has 3 heterocycles. The maximum Gasteiger partial charge on any atom is 0.329 e. The van der Waals surface area contributed by atoms with Crippen LogP contribution >= 0.6 is 0 Å². The molecule has 3 aliphatic heterocycles. The first-order chi connectivity index (χ1) is 23.3. The zero-order valence-electron chi connectivity index (χ0n) is 30.0. The van der Waals surface area contributed by atoms with Crippen LogP contribution in [0.2, 0.25) is 0 Å². The minimum absolute atomic E-state index is 0.151. The van der Waals surface area contributed by atoms with Gasteiger partial charge in [-0.3, -0.25) is 14.4 Å². The van der Waals surface area contributed by atoms with Gasteiger partial charge in [-0.2, -0.15) is 0 Å². The average molecular weight is 690 g/mol. The summed E-state index contributed by atoms with van der Waals surface area (Å²) in [6.45, 7) is 7.61. The third kappa shape index (κ3) is 9.47. The number of methoxy groups -OCH3 is 1. The van der Waals surface area contributed by atoms with Gasteiger partial charge in [-0.25, -0.2) is 4.79 Å². The van der Waals surface area contributed by atoms with Crippen molar-refractivity contribution in [2.24, 2.45) is 29.6 Å². The zero-order valence-corrected chi connectivity index (χ0v) is 30.0. The molecule has 49 heavy (non-hydrogen) atoms. The van der Waals surface area contributed by atoms with Crippen LogP contribution < -0.4 is 0 Å². The molecule has 0 spiro atoms. The normalized spacial score (nSPS) is 41.2. The first-order valence-corrected chi connectivity index (χ1v) is 18.5. The van der Waals surface area contributed by atoms with Crippen LogP contribution in [0.25, 0.3) is 0 Å². The number of piperidine rings is 1. The van der Waals surface area contributed by atoms with Gasteiger partial charge in [-0.1, -0.05) is 45.9 Å². The summed E-state index contributed by atoms with van der Waals surface area (Å²) in [7, 11) is 1.48. The second kappa shape index (κ2) is 17.7. The van der Waals surface area contributed by atoms with Gasteiger partial charge in [0.05, 0.1) is 18.3 Å². The highest BCUT2D eigenvalue weighted by Crippen LogP contribution is 2.38. The van der Waals surface area contributed by atoms with Gasteiger partial charge in [0.15, 0.2) is 5.78 Å². The summed E-state index contributed by atoms with van der Waals surface area (Å²) in [4.78, 5) is 55.9. The number of Topliss-reactive ketones (excluding diaryl/α,β-unsaturated/α-hetero) is 1. The molecule has 0 aromatic rings. The molecule has 0 radical (unpaired) electrons. The topological polar surface area (TPSA) is 160 Å². The predicted octanol–water partition coefficient (Wildman–Crippen LogP) is 4.05. The van der Waals surface area contributed by atoms with Gasteiger partial charge in [-0.15, -0.1) is 0 Å². The molecule has 2 bridgehead atoms. The number of aliphatic hydroxyl groups is 3. The number of ketones is 2. The third-order valence-corrected chi connectivity index (χ3v) is 11.5. The number of carbonyl (C=O) groups excluding carboxylic acids is 4. The Morgan fingerprint density at radius 3 is 2.43 bits per heavy atom. The van der Waals surface area contributed by atoms with E-state index in [1.165, 1.54) is 18.1 Å². The van der Waals surface area contributed by atoms with E-state index in [1.807, 2.05) is 13.0 Å². The number of aliphatic hydroxyl groups excluding tert-OH is 2. The fourth-order valence-electron chi connectivity index (χ4n) is 8.01. The molecular formula is C38H59NO10. The molecule has 4 aliphatic rings. The Bertz CT molecular complexity index is 1220. The molecular weight excluding hydrogens is 630 g/mol. The molecule has 2 saturated heterocycles. The van der Waals surface area contributed by atoms with E-state index < -0.39 is 71.8 Å². The molecule has 11 heteroatoms. The number of nitrogens with zero attached hydrogens (tertiary/aromatic N) is 1. The van der Waals surface area contributed by atoms with Crippen LogP contribution in [-0.2, 0) is 33.4 Å². The maximum absolute atomic E-state index is 14.0. The summed E-state index contributed by atoms with van der Waals surface area (Å²) in [6, 6.07) is -0.997. The molecule has 4 rings (SSSR count). The third-order valence-electron chi connectivity index (χ3n) is 11.5. The quantitative estimate of drug-likeness (QED) is 0.223. The average Bonchev–Trinajstić information content (AvgIpc) is 3.09. The van der Waals surface area contributed by atoms with Crippen molar-refractivity contribution in [3.05, 3.63) is 24.3 Å². The van der Waals surface area contributed by atoms with E-state index in [4.69, 9.17) is 14.2 Å². The lowest BCUT2D eigenvalue weighted by Gasteiger charge is -2.43. The van der Waals surface area contributed by atoms with Crippen LogP contribution in [0.15, 0.2) is 24.3 Å². The van der Waals surface area contributed by atoms with E-state index in [9.17, 15) is 34.5 Å². The SMILES string of the molecule is CO[C@H]1[C@H](O)[C@@H](C[C@H](C)[C@H]2CC[C@@H](C)/C=C/CC/C=C/C(=O)[C@@H](C)[C@H]3CC[C@H](C)[C@](O)(O3)C(=O)C(=O)N3CCCC[C@H]3C(=O)O2)CC[C@H]1O. The summed E-state index contributed by atoms with van der Waals surface area (Å²) in [5, 5.41) is 32.9. The number of cyclic esters (lactones) is 1. The number of allylic oxidation sites excluding steroid dienone is 4. The molecule has 1 amide bonds. The molecule has 11 nitrogen and oxygen atoms in total. The Balaban J connectivity index is 1.60. The lowest BCUT2D eigenvalue weighted by atomic mass is 9.76. The van der Waals surface area contributed by atoms with Gasteiger partial charge >= 0.3 is 5.97 Å². The zero-order chi connectivity index (χ0) is 35.9. The van der Waals surface area contributed by atoms with Gasteiger partial charge in [-0.05, 0) is 101 Å². The molecule has 276 valence electrons. The molecule has 3 fully saturated rings. The first-order valence-electron chi connectivity index (χ1n) is 18.5. The number of rotatable bonds is 4. The molecule has 1 aliphatic carbocycles. The molecule has 0 aromatic carbocycles. The van der Waals surface area contributed by atoms with Crippen molar-refractivity contribution in [1.29, 1.82) is 0 Å². The van der Waals surface area contributed by atoms with Crippen LogP contribution in [0.1, 0.15) is 105 Å². The lowest BCUT2D eigenvalue weighted by molar-refractivity contribution is -0.268. The second-order valence-corrected chi connectivity index (χ2v) is 15.1. The summed E-state index contributed by atoms with van der Waals surface area (Å²) >= 11 is 0. The second-order valence-electron chi connectivity index (χ2n) is 15.1. The maximum atomic E-state index is 14.0. The molecule has 1 saturated carbocycles. The van der Waals surface area contributed by atoms with Crippen molar-refractivity contribution >= 4 is 23.4 Å². The van der Waals surface area contributed by atoms with Crippen molar-refractivity contribution < 1.29 is 48.7 Å². The minimum Gasteiger partial charge on any atom is -0.461 e. The predicted molar refractivity (Wildman–Crippen MR) is 182 cm³/mol. The van der Waals surface area contributed by atoms with Gasteiger partial charge in [0, 0.05) is 25.5 Å². The number of fused-ring (bicyclic) bond motifs is 3. The van der Waals surface area contributed by atoms with Gasteiger partial charge in [0.2, 0.25) is 5.79 Å². The monoisotopic (exact) mass is 689 g/mol. The summed E-state index contributed by atoms with van der Waals surface area (Å²) < 4.78 is 17.6. The fourth-order valence-corrected chi connectivity index (χ4v) is 8.01. The molecule has 0 aromatic heterocycles. The van der Waals surface area contributed by atoms with Gasteiger partial charge in [0.1, 0.15) is 18.2 Å². The Labute approximate surface area is 291 Å². The first kappa shape index (κ1) is 39.3. The number of carbonyl (C=O) groups is 4. The number of amides is 1. The number of ether oxygens (including phenoxy) is 3. The standard InChI is InChI=1S/C38H59NO10/c1-23-12-8-6-7-9-14-29(40)26(4)32-20-16-25(3)38(46,49-32)35(43)36(44)39-21-11-10-13-28(39)37(45)48-31(19-15-23)24(2)22-27-17-18-30(41)34(47-5)33(27)42/h8-9,12,14,23-28,30-34,41-42,46H,6-7,10-11,13,15-22H2,1-5H3/b12-8+,14-9+/t23-,24-,25-,26+,27+,28-,30+,31+,32+,33+,34+,38-/m0/s1. The van der Waals surface area contributed by atoms with Crippen molar-refractivity contribution in [2.45, 2.75) is 147 Å². The Morgan fingerprint density at radius 1 is 0.959 bits per heavy atom. The lowest BCUT2D eigenvalue weighted by Crippen LogP contribution is -2.61. The van der Waals surface area contributed by atoms with E-state index in [0.29, 0.717) is 64.2 Å². The van der Waals surface area contributed by atoms with E-state index in [0.717, 1.165) is 12.8 Å². The van der Waals surface area contributed by atoms with Crippen LogP contribution in [-0.4, -0.2) is 99.7 Å². The van der Waals surface area contributed by atoms with E-state index >= 15 is 0 Å². The van der Waals surface area contributed by atoms with E-state index in [1.54, 1.807) is 13.8 Å². The van der Waals surface area contributed by atoms with E-state index in [-0.39, 0.29) is 30.1 Å². The fraction of sp³-hybridized carbons (Fsp3) is 0.789. The number of esters is 1.